The van der Waals surface area contributed by atoms with Crippen molar-refractivity contribution >= 4 is 38.3 Å². The number of carbonyl (C=O) groups excluding carboxylic acids is 1. The molecular formula is C21H21BrN2O2S. The van der Waals surface area contributed by atoms with Crippen LogP contribution < -0.4 is 10.1 Å². The first-order chi connectivity index (χ1) is 13.0. The van der Waals surface area contributed by atoms with Crippen LogP contribution in [0.1, 0.15) is 23.6 Å². The topological polar surface area (TPSA) is 51.2 Å². The second-order valence-corrected chi connectivity index (χ2v) is 8.07. The minimum atomic E-state index is -0.221. The molecule has 0 unspecified atom stereocenters. The van der Waals surface area contributed by atoms with E-state index in [1.165, 1.54) is 16.9 Å². The summed E-state index contributed by atoms with van der Waals surface area (Å²) in [7, 11) is 0. The molecule has 0 saturated heterocycles. The van der Waals surface area contributed by atoms with Crippen LogP contribution in [0, 0.1) is 13.8 Å². The fraction of sp³-hybridized carbons (Fsp3) is 0.238. The summed E-state index contributed by atoms with van der Waals surface area (Å²) in [5, 5.41) is 5.35. The van der Waals surface area contributed by atoms with E-state index in [2.05, 4.69) is 65.2 Å². The number of thiazole rings is 1. The molecule has 6 heteroatoms. The zero-order valence-electron chi connectivity index (χ0n) is 15.5. The Balaban J connectivity index is 1.64. The van der Waals surface area contributed by atoms with E-state index < -0.39 is 0 Å². The molecule has 1 heterocycles. The Hall–Kier alpha value is -2.18. The molecule has 27 heavy (non-hydrogen) atoms. The first-order valence-corrected chi connectivity index (χ1v) is 10.4. The lowest BCUT2D eigenvalue weighted by atomic mass is 10.0. The van der Waals surface area contributed by atoms with Crippen LogP contribution in [0.25, 0.3) is 11.3 Å². The summed E-state index contributed by atoms with van der Waals surface area (Å²) in [6.45, 7) is 6.12. The Morgan fingerprint density at radius 3 is 2.81 bits per heavy atom. The monoisotopic (exact) mass is 444 g/mol. The quantitative estimate of drug-likeness (QED) is 0.524. The number of anilines is 1. The van der Waals surface area contributed by atoms with Crippen molar-refractivity contribution in [3.63, 3.8) is 0 Å². The summed E-state index contributed by atoms with van der Waals surface area (Å²) in [5.41, 5.74) is 5.37. The van der Waals surface area contributed by atoms with Crippen molar-refractivity contribution in [2.45, 2.75) is 27.2 Å². The predicted octanol–water partition coefficient (Wildman–Crippen LogP) is 5.77. The van der Waals surface area contributed by atoms with Crippen LogP contribution in [0.3, 0.4) is 0 Å². The van der Waals surface area contributed by atoms with Crippen LogP contribution in [0.5, 0.6) is 5.75 Å². The van der Waals surface area contributed by atoms with E-state index in [1.54, 1.807) is 0 Å². The van der Waals surface area contributed by atoms with Crippen LogP contribution in [0.4, 0.5) is 5.13 Å². The van der Waals surface area contributed by atoms with Crippen molar-refractivity contribution in [2.75, 3.05) is 11.9 Å². The van der Waals surface area contributed by atoms with E-state index in [1.807, 2.05) is 23.6 Å². The molecule has 0 radical (unpaired) electrons. The normalized spacial score (nSPS) is 10.7. The van der Waals surface area contributed by atoms with Gasteiger partial charge < -0.3 is 4.74 Å². The number of amides is 1. The second-order valence-electron chi connectivity index (χ2n) is 6.30. The molecule has 0 spiro atoms. The third-order valence-electron chi connectivity index (χ3n) is 4.18. The highest BCUT2D eigenvalue weighted by molar-refractivity contribution is 9.10. The van der Waals surface area contributed by atoms with Crippen molar-refractivity contribution in [3.8, 4) is 17.0 Å². The number of hydrogen-bond donors (Lipinski definition) is 1. The van der Waals surface area contributed by atoms with Gasteiger partial charge >= 0.3 is 0 Å². The van der Waals surface area contributed by atoms with Crippen molar-refractivity contribution < 1.29 is 9.53 Å². The summed E-state index contributed by atoms with van der Waals surface area (Å²) in [5.74, 6) is 0.507. The molecule has 0 bridgehead atoms. The highest BCUT2D eigenvalue weighted by Crippen LogP contribution is 2.28. The zero-order chi connectivity index (χ0) is 19.4. The van der Waals surface area contributed by atoms with Crippen LogP contribution >= 0.6 is 27.3 Å². The van der Waals surface area contributed by atoms with E-state index in [9.17, 15) is 4.79 Å². The Morgan fingerprint density at radius 1 is 1.22 bits per heavy atom. The van der Waals surface area contributed by atoms with E-state index in [4.69, 9.17) is 4.74 Å². The molecule has 0 saturated carbocycles. The first-order valence-electron chi connectivity index (χ1n) is 8.70. The molecule has 140 valence electrons. The lowest BCUT2D eigenvalue weighted by molar-refractivity contribution is -0.118. The van der Waals surface area contributed by atoms with Gasteiger partial charge in [0.1, 0.15) is 5.75 Å². The van der Waals surface area contributed by atoms with E-state index in [0.29, 0.717) is 5.13 Å². The lowest BCUT2D eigenvalue weighted by Gasteiger charge is -2.10. The molecule has 0 aliphatic heterocycles. The van der Waals surface area contributed by atoms with Gasteiger partial charge in [0.15, 0.2) is 11.7 Å². The minimum absolute atomic E-state index is 0.0486. The Labute approximate surface area is 171 Å². The fourth-order valence-electron chi connectivity index (χ4n) is 2.73. The van der Waals surface area contributed by atoms with E-state index in [-0.39, 0.29) is 12.5 Å². The predicted molar refractivity (Wildman–Crippen MR) is 115 cm³/mol. The summed E-state index contributed by atoms with van der Waals surface area (Å²) >= 11 is 4.86. The zero-order valence-corrected chi connectivity index (χ0v) is 17.9. The number of nitrogens with zero attached hydrogens (tertiary/aromatic N) is 1. The Morgan fingerprint density at radius 2 is 2.04 bits per heavy atom. The fourth-order valence-corrected chi connectivity index (χ4v) is 3.87. The van der Waals surface area contributed by atoms with Crippen molar-refractivity contribution in [1.82, 2.24) is 4.98 Å². The molecular weight excluding hydrogens is 424 g/mol. The van der Waals surface area contributed by atoms with Crippen LogP contribution in [-0.2, 0) is 11.2 Å². The van der Waals surface area contributed by atoms with Gasteiger partial charge in [-0.05, 0) is 55.7 Å². The lowest BCUT2D eigenvalue weighted by Crippen LogP contribution is -2.20. The maximum Gasteiger partial charge on any atom is 0.264 e. The maximum atomic E-state index is 12.2. The molecule has 4 nitrogen and oxygen atoms in total. The van der Waals surface area contributed by atoms with Crippen molar-refractivity contribution in [1.29, 1.82) is 0 Å². The van der Waals surface area contributed by atoms with Gasteiger partial charge in [-0.25, -0.2) is 4.98 Å². The van der Waals surface area contributed by atoms with Gasteiger partial charge in [0.2, 0.25) is 0 Å². The second kappa shape index (κ2) is 8.67. The van der Waals surface area contributed by atoms with E-state index >= 15 is 0 Å². The summed E-state index contributed by atoms with van der Waals surface area (Å²) in [6.07, 6.45) is 0.835. The number of aromatic nitrogens is 1. The van der Waals surface area contributed by atoms with Crippen molar-refractivity contribution in [3.05, 3.63) is 62.9 Å². The summed E-state index contributed by atoms with van der Waals surface area (Å²) in [6, 6.07) is 12.1. The Bertz CT molecular complexity index is 969. The molecule has 0 atom stereocenters. The van der Waals surface area contributed by atoms with Crippen molar-refractivity contribution in [2.24, 2.45) is 0 Å². The molecule has 0 aliphatic carbocycles. The number of rotatable bonds is 6. The molecule has 3 rings (SSSR count). The standard InChI is InChI=1S/C21H21BrN2O2S/c1-4-15-10-16(22)7-8-19(15)26-11-20(25)24-21-23-18(12-27-21)17-9-13(2)5-6-14(17)3/h5-10,12H,4,11H2,1-3H3,(H,23,24,25). The maximum absolute atomic E-state index is 12.2. The van der Waals surface area contributed by atoms with Crippen LogP contribution in [0.2, 0.25) is 0 Å². The van der Waals surface area contributed by atoms with Gasteiger partial charge in [-0.1, -0.05) is 40.5 Å². The molecule has 2 aromatic carbocycles. The third kappa shape index (κ3) is 4.96. The summed E-state index contributed by atoms with van der Waals surface area (Å²) in [4.78, 5) is 16.8. The van der Waals surface area contributed by atoms with Gasteiger partial charge in [0.05, 0.1) is 5.69 Å². The number of ether oxygens (including phenoxy) is 1. The number of nitrogens with one attached hydrogen (secondary N) is 1. The van der Waals surface area contributed by atoms with Crippen LogP contribution in [-0.4, -0.2) is 17.5 Å². The van der Waals surface area contributed by atoms with Gasteiger partial charge in [-0.15, -0.1) is 11.3 Å². The third-order valence-corrected chi connectivity index (χ3v) is 5.43. The van der Waals surface area contributed by atoms with Gasteiger partial charge in [0.25, 0.3) is 5.91 Å². The number of halogens is 1. The number of carbonyl (C=O) groups is 1. The van der Waals surface area contributed by atoms with Gasteiger partial charge in [-0.3, -0.25) is 10.1 Å². The summed E-state index contributed by atoms with van der Waals surface area (Å²) < 4.78 is 6.69. The first kappa shape index (κ1) is 19.6. The molecule has 0 aliphatic rings. The molecule has 3 aromatic rings. The van der Waals surface area contributed by atoms with Gasteiger partial charge in [-0.2, -0.15) is 0 Å². The Kier molecular flexibility index (Phi) is 6.29. The van der Waals surface area contributed by atoms with Gasteiger partial charge in [0, 0.05) is 15.4 Å². The molecule has 1 aromatic heterocycles. The highest BCUT2D eigenvalue weighted by Gasteiger charge is 2.11. The molecule has 1 N–H and O–H groups in total. The average molecular weight is 445 g/mol. The molecule has 0 fully saturated rings. The smallest absolute Gasteiger partial charge is 0.264 e. The average Bonchev–Trinajstić information content (AvgIpc) is 3.10. The number of aryl methyl sites for hydroxylation is 3. The largest absolute Gasteiger partial charge is 0.483 e. The number of hydrogen-bond acceptors (Lipinski definition) is 4. The molecule has 1 amide bonds. The highest BCUT2D eigenvalue weighted by atomic mass is 79.9. The number of benzene rings is 2. The minimum Gasteiger partial charge on any atom is -0.483 e. The van der Waals surface area contributed by atoms with Crippen LogP contribution in [0.15, 0.2) is 46.3 Å². The SMILES string of the molecule is CCc1cc(Br)ccc1OCC(=O)Nc1nc(-c2cc(C)ccc2C)cs1. The van der Waals surface area contributed by atoms with E-state index in [0.717, 1.165) is 39.0 Å².